The van der Waals surface area contributed by atoms with Crippen LogP contribution < -0.4 is 14.8 Å². The summed E-state index contributed by atoms with van der Waals surface area (Å²) in [5, 5.41) is 2.79. The lowest BCUT2D eigenvalue weighted by Crippen LogP contribution is -2.20. The molecule has 4 nitrogen and oxygen atoms in total. The summed E-state index contributed by atoms with van der Waals surface area (Å²) >= 11 is 10.1. The minimum Gasteiger partial charge on any atom is -0.497 e. The van der Waals surface area contributed by atoms with Crippen LogP contribution in [0.3, 0.4) is 0 Å². The average Bonchev–Trinajstić information content (AvgIpc) is 2.50. The molecule has 0 aliphatic rings. The molecule has 1 N–H and O–H groups in total. The van der Waals surface area contributed by atoms with Gasteiger partial charge in [0.2, 0.25) is 0 Å². The Morgan fingerprint density at radius 1 is 1.05 bits per heavy atom. The molecule has 0 spiro atoms. The van der Waals surface area contributed by atoms with Crippen LogP contribution in [0.5, 0.6) is 11.5 Å². The average molecular weight is 494 g/mol. The van der Waals surface area contributed by atoms with Gasteiger partial charge in [-0.2, -0.15) is 0 Å². The number of carbonyl (C=O) groups excluding carboxylic acids is 1. The van der Waals surface area contributed by atoms with Gasteiger partial charge in [-0.15, -0.1) is 0 Å². The first-order valence-corrected chi connectivity index (χ1v) is 8.58. The number of benzene rings is 2. The molecule has 2 rings (SSSR count). The molecule has 0 bridgehead atoms. The first-order valence-electron chi connectivity index (χ1n) is 6.21. The van der Waals surface area contributed by atoms with Gasteiger partial charge in [0, 0.05) is 13.4 Å². The standard InChI is InChI=1S/C15H12Br3NO3/c1-21-11-6-12(17)15(13(18)7-11)19-14(20)8-22-10-4-2-9(16)3-5-10/h2-7H,8H2,1H3,(H,19,20). The SMILES string of the molecule is COc1cc(Br)c(NC(=O)COc2ccc(Br)cc2)c(Br)c1. The number of nitrogens with one attached hydrogen (secondary N) is 1. The van der Waals surface area contributed by atoms with Crippen LogP contribution in [0.2, 0.25) is 0 Å². The van der Waals surface area contributed by atoms with Crippen LogP contribution >= 0.6 is 47.8 Å². The van der Waals surface area contributed by atoms with Gasteiger partial charge >= 0.3 is 0 Å². The van der Waals surface area contributed by atoms with Crippen molar-refractivity contribution in [2.45, 2.75) is 0 Å². The summed E-state index contributed by atoms with van der Waals surface area (Å²) in [4.78, 5) is 12.0. The highest BCUT2D eigenvalue weighted by Crippen LogP contribution is 2.35. The van der Waals surface area contributed by atoms with E-state index in [4.69, 9.17) is 9.47 Å². The molecule has 0 unspecified atom stereocenters. The van der Waals surface area contributed by atoms with Crippen LogP contribution in [0, 0.1) is 0 Å². The van der Waals surface area contributed by atoms with Crippen LogP contribution in [0.1, 0.15) is 0 Å². The third kappa shape index (κ3) is 4.72. The lowest BCUT2D eigenvalue weighted by molar-refractivity contribution is -0.118. The molecule has 0 radical (unpaired) electrons. The molecular weight excluding hydrogens is 482 g/mol. The van der Waals surface area contributed by atoms with Crippen molar-refractivity contribution in [2.24, 2.45) is 0 Å². The predicted molar refractivity (Wildman–Crippen MR) is 96.7 cm³/mol. The molecule has 0 aromatic heterocycles. The summed E-state index contributed by atoms with van der Waals surface area (Å²) in [7, 11) is 1.58. The normalized spacial score (nSPS) is 10.2. The molecule has 22 heavy (non-hydrogen) atoms. The van der Waals surface area contributed by atoms with E-state index in [2.05, 4.69) is 53.1 Å². The van der Waals surface area contributed by atoms with E-state index in [0.29, 0.717) is 17.2 Å². The Kier molecular flexibility index (Phi) is 6.28. The van der Waals surface area contributed by atoms with Gasteiger partial charge < -0.3 is 14.8 Å². The van der Waals surface area contributed by atoms with E-state index < -0.39 is 0 Å². The third-order valence-corrected chi connectivity index (χ3v) is 4.48. The van der Waals surface area contributed by atoms with Gasteiger partial charge in [-0.3, -0.25) is 4.79 Å². The summed E-state index contributed by atoms with van der Waals surface area (Å²) in [6.07, 6.45) is 0. The van der Waals surface area contributed by atoms with Crippen LogP contribution in [0.4, 0.5) is 5.69 Å². The number of amides is 1. The number of halogens is 3. The Morgan fingerprint density at radius 3 is 2.18 bits per heavy atom. The molecule has 0 heterocycles. The predicted octanol–water partition coefficient (Wildman–Crippen LogP) is 5.00. The van der Waals surface area contributed by atoms with E-state index in [0.717, 1.165) is 13.4 Å². The summed E-state index contributed by atoms with van der Waals surface area (Å²) in [6, 6.07) is 10.8. The van der Waals surface area contributed by atoms with Gasteiger partial charge in [-0.25, -0.2) is 0 Å². The van der Waals surface area contributed by atoms with E-state index in [1.807, 2.05) is 12.1 Å². The highest BCUT2D eigenvalue weighted by Gasteiger charge is 2.12. The Morgan fingerprint density at radius 2 is 1.64 bits per heavy atom. The highest BCUT2D eigenvalue weighted by molar-refractivity contribution is 9.11. The zero-order valence-corrected chi connectivity index (χ0v) is 16.3. The van der Waals surface area contributed by atoms with Crippen molar-refractivity contribution in [3.8, 4) is 11.5 Å². The van der Waals surface area contributed by atoms with Crippen LogP contribution in [-0.4, -0.2) is 19.6 Å². The van der Waals surface area contributed by atoms with Crippen molar-refractivity contribution in [3.63, 3.8) is 0 Å². The van der Waals surface area contributed by atoms with Crippen LogP contribution in [0.15, 0.2) is 49.8 Å². The molecule has 7 heteroatoms. The van der Waals surface area contributed by atoms with Gasteiger partial charge in [-0.1, -0.05) is 15.9 Å². The zero-order valence-electron chi connectivity index (χ0n) is 11.5. The quantitative estimate of drug-likeness (QED) is 0.637. The molecule has 2 aromatic rings. The Labute approximate surface area is 153 Å². The summed E-state index contributed by atoms with van der Waals surface area (Å²) in [6.45, 7) is -0.0768. The van der Waals surface area contributed by atoms with E-state index in [-0.39, 0.29) is 12.5 Å². The monoisotopic (exact) mass is 491 g/mol. The minimum atomic E-state index is -0.255. The fourth-order valence-electron chi connectivity index (χ4n) is 1.64. The number of anilines is 1. The van der Waals surface area contributed by atoms with E-state index in [1.165, 1.54) is 0 Å². The molecular formula is C15H12Br3NO3. The Bertz CT molecular complexity index is 651. The molecule has 0 fully saturated rings. The lowest BCUT2D eigenvalue weighted by Gasteiger charge is -2.12. The van der Waals surface area contributed by atoms with Crippen LogP contribution in [0.25, 0.3) is 0 Å². The maximum atomic E-state index is 12.0. The van der Waals surface area contributed by atoms with Gasteiger partial charge in [0.05, 0.1) is 12.8 Å². The second-order valence-electron chi connectivity index (χ2n) is 4.26. The fraction of sp³-hybridized carbons (Fsp3) is 0.133. The van der Waals surface area contributed by atoms with Gasteiger partial charge in [0.15, 0.2) is 6.61 Å². The second-order valence-corrected chi connectivity index (χ2v) is 6.88. The number of hydrogen-bond acceptors (Lipinski definition) is 3. The Hall–Kier alpha value is -1.05. The van der Waals surface area contributed by atoms with Crippen molar-refractivity contribution >= 4 is 59.4 Å². The highest BCUT2D eigenvalue weighted by atomic mass is 79.9. The number of ether oxygens (including phenoxy) is 2. The molecule has 0 atom stereocenters. The van der Waals surface area contributed by atoms with Crippen molar-refractivity contribution in [2.75, 3.05) is 19.0 Å². The van der Waals surface area contributed by atoms with Gasteiger partial charge in [-0.05, 0) is 68.3 Å². The van der Waals surface area contributed by atoms with Gasteiger partial charge in [0.25, 0.3) is 5.91 Å². The summed E-state index contributed by atoms with van der Waals surface area (Å²) < 4.78 is 13.0. The van der Waals surface area contributed by atoms with Crippen molar-refractivity contribution in [3.05, 3.63) is 49.8 Å². The van der Waals surface area contributed by atoms with Crippen molar-refractivity contribution in [1.82, 2.24) is 0 Å². The molecule has 0 aliphatic carbocycles. The maximum absolute atomic E-state index is 12.0. The van der Waals surface area contributed by atoms with Gasteiger partial charge in [0.1, 0.15) is 11.5 Å². The molecule has 0 aliphatic heterocycles. The maximum Gasteiger partial charge on any atom is 0.262 e. The number of rotatable bonds is 5. The zero-order chi connectivity index (χ0) is 16.1. The van der Waals surface area contributed by atoms with E-state index in [1.54, 1.807) is 31.4 Å². The number of carbonyl (C=O) groups is 1. The van der Waals surface area contributed by atoms with Crippen LogP contribution in [-0.2, 0) is 4.79 Å². The summed E-state index contributed by atoms with van der Waals surface area (Å²) in [5.74, 6) is 1.06. The first kappa shape index (κ1) is 17.3. The minimum absolute atomic E-state index is 0.0768. The van der Waals surface area contributed by atoms with Crippen molar-refractivity contribution < 1.29 is 14.3 Å². The van der Waals surface area contributed by atoms with E-state index >= 15 is 0 Å². The number of methoxy groups -OCH3 is 1. The fourth-order valence-corrected chi connectivity index (χ4v) is 3.25. The molecule has 2 aromatic carbocycles. The lowest BCUT2D eigenvalue weighted by atomic mass is 10.3. The summed E-state index contributed by atoms with van der Waals surface area (Å²) in [5.41, 5.74) is 0.630. The molecule has 1 amide bonds. The first-order chi connectivity index (χ1) is 10.5. The smallest absolute Gasteiger partial charge is 0.262 e. The molecule has 0 saturated heterocycles. The molecule has 0 saturated carbocycles. The topological polar surface area (TPSA) is 47.6 Å². The third-order valence-electron chi connectivity index (χ3n) is 2.70. The molecule has 116 valence electrons. The van der Waals surface area contributed by atoms with Crippen molar-refractivity contribution in [1.29, 1.82) is 0 Å². The Balaban J connectivity index is 1.99. The van der Waals surface area contributed by atoms with E-state index in [9.17, 15) is 4.79 Å². The second kappa shape index (κ2) is 7.99. The largest absolute Gasteiger partial charge is 0.497 e. The number of hydrogen-bond donors (Lipinski definition) is 1.